The lowest BCUT2D eigenvalue weighted by Gasteiger charge is -2.33. The number of hydrogen-bond acceptors (Lipinski definition) is 3. The van der Waals surface area contributed by atoms with E-state index in [2.05, 4.69) is 80.3 Å². The zero-order valence-corrected chi connectivity index (χ0v) is 15.0. The van der Waals surface area contributed by atoms with E-state index in [1.165, 1.54) is 14.2 Å². The molecule has 2 heterocycles. The molecule has 0 unspecified atom stereocenters. The fourth-order valence-electron chi connectivity index (χ4n) is 2.69. The normalized spacial score (nSPS) is 17.3. The van der Waals surface area contributed by atoms with Gasteiger partial charge in [0.1, 0.15) is 0 Å². The van der Waals surface area contributed by atoms with Gasteiger partial charge in [0, 0.05) is 44.1 Å². The van der Waals surface area contributed by atoms with Gasteiger partial charge < -0.3 is 0 Å². The number of hydrogen-bond donors (Lipinski definition) is 0. The molecule has 2 nitrogen and oxygen atoms in total. The van der Waals surface area contributed by atoms with E-state index in [9.17, 15) is 0 Å². The van der Waals surface area contributed by atoms with Gasteiger partial charge >= 0.3 is 0 Å². The van der Waals surface area contributed by atoms with Crippen LogP contribution in [0.3, 0.4) is 0 Å². The zero-order chi connectivity index (χ0) is 15.2. The van der Waals surface area contributed by atoms with Crippen molar-refractivity contribution in [1.82, 2.24) is 9.80 Å². The van der Waals surface area contributed by atoms with E-state index >= 15 is 0 Å². The monoisotopic (exact) mass is 376 g/mol. The van der Waals surface area contributed by atoms with Crippen molar-refractivity contribution in [3.05, 3.63) is 62.8 Å². The minimum Gasteiger partial charge on any atom is -0.297 e. The molecule has 0 radical (unpaired) electrons. The average molecular weight is 377 g/mol. The van der Waals surface area contributed by atoms with Crippen molar-refractivity contribution in [2.24, 2.45) is 0 Å². The highest BCUT2D eigenvalue weighted by atomic mass is 79.9. The maximum absolute atomic E-state index is 3.54. The molecule has 1 aromatic carbocycles. The van der Waals surface area contributed by atoms with Crippen LogP contribution < -0.4 is 0 Å². The third-order valence-electron chi connectivity index (χ3n) is 3.95. The van der Waals surface area contributed by atoms with Crippen LogP contribution in [-0.4, -0.2) is 42.5 Å². The molecule has 2 aromatic rings. The number of thiophene rings is 1. The summed E-state index contributed by atoms with van der Waals surface area (Å²) in [6.45, 7) is 6.78. The number of nitrogens with zero attached hydrogens (tertiary/aromatic N) is 2. The van der Waals surface area contributed by atoms with Gasteiger partial charge in [-0.2, -0.15) is 0 Å². The van der Waals surface area contributed by atoms with Crippen LogP contribution in [0.5, 0.6) is 0 Å². The molecule has 1 aliphatic rings. The molecule has 1 fully saturated rings. The van der Waals surface area contributed by atoms with E-state index in [1.54, 1.807) is 0 Å². The topological polar surface area (TPSA) is 6.48 Å². The Morgan fingerprint density at radius 1 is 0.955 bits per heavy atom. The Kier molecular flexibility index (Phi) is 5.84. The molecule has 3 rings (SSSR count). The van der Waals surface area contributed by atoms with E-state index in [0.29, 0.717) is 0 Å². The first-order chi connectivity index (χ1) is 10.8. The highest BCUT2D eigenvalue weighted by molar-refractivity contribution is 9.11. The van der Waals surface area contributed by atoms with Crippen molar-refractivity contribution < 1.29 is 0 Å². The largest absolute Gasteiger partial charge is 0.297 e. The average Bonchev–Trinajstić information content (AvgIpc) is 2.95. The quantitative estimate of drug-likeness (QED) is 0.765. The van der Waals surface area contributed by atoms with Gasteiger partial charge in [-0.25, -0.2) is 0 Å². The molecule has 1 aliphatic heterocycles. The second kappa shape index (κ2) is 8.06. The van der Waals surface area contributed by atoms with Gasteiger partial charge in [0.25, 0.3) is 0 Å². The van der Waals surface area contributed by atoms with E-state index in [4.69, 9.17) is 0 Å². The highest BCUT2D eigenvalue weighted by Crippen LogP contribution is 2.23. The van der Waals surface area contributed by atoms with Crippen LogP contribution in [0.1, 0.15) is 10.4 Å². The summed E-state index contributed by atoms with van der Waals surface area (Å²) in [7, 11) is 0. The Morgan fingerprint density at radius 3 is 2.36 bits per heavy atom. The lowest BCUT2D eigenvalue weighted by molar-refractivity contribution is 0.138. The van der Waals surface area contributed by atoms with Crippen LogP contribution in [0.2, 0.25) is 0 Å². The van der Waals surface area contributed by atoms with Gasteiger partial charge in [0.2, 0.25) is 0 Å². The second-order valence-electron chi connectivity index (χ2n) is 5.60. The fourth-order valence-corrected chi connectivity index (χ4v) is 4.21. The summed E-state index contributed by atoms with van der Waals surface area (Å²) in [6.07, 6.45) is 4.50. The molecular weight excluding hydrogens is 356 g/mol. The second-order valence-corrected chi connectivity index (χ2v) is 8.14. The number of halogens is 1. The highest BCUT2D eigenvalue weighted by Gasteiger charge is 2.16. The van der Waals surface area contributed by atoms with E-state index in [-0.39, 0.29) is 0 Å². The SMILES string of the molecule is Brc1ccc(CN2CCN(C/C=C/c3ccccc3)CC2)s1. The van der Waals surface area contributed by atoms with E-state index in [1.807, 2.05) is 11.3 Å². The molecular formula is C18H21BrN2S. The van der Waals surface area contributed by atoms with Gasteiger partial charge in [-0.05, 0) is 33.6 Å². The van der Waals surface area contributed by atoms with Crippen LogP contribution in [0.15, 0.2) is 52.3 Å². The summed E-state index contributed by atoms with van der Waals surface area (Å²) in [5.41, 5.74) is 1.28. The van der Waals surface area contributed by atoms with Gasteiger partial charge in [-0.15, -0.1) is 11.3 Å². The third kappa shape index (κ3) is 4.78. The minimum absolute atomic E-state index is 1.05. The molecule has 0 saturated carbocycles. The van der Waals surface area contributed by atoms with Gasteiger partial charge in [-0.3, -0.25) is 9.80 Å². The van der Waals surface area contributed by atoms with Crippen molar-refractivity contribution in [3.63, 3.8) is 0 Å². The standard InChI is InChI=1S/C18H21BrN2S/c19-18-9-8-17(22-18)15-21-13-11-20(12-14-21)10-4-7-16-5-2-1-3-6-16/h1-9H,10-15H2/b7-4+. The van der Waals surface area contributed by atoms with E-state index in [0.717, 1.165) is 39.3 Å². The predicted molar refractivity (Wildman–Crippen MR) is 99.2 cm³/mol. The summed E-state index contributed by atoms with van der Waals surface area (Å²) in [6, 6.07) is 14.9. The summed E-state index contributed by atoms with van der Waals surface area (Å²) in [4.78, 5) is 6.53. The third-order valence-corrected chi connectivity index (χ3v) is 5.56. The Labute approximate surface area is 145 Å². The number of benzene rings is 1. The molecule has 0 atom stereocenters. The molecule has 22 heavy (non-hydrogen) atoms. The molecule has 1 aromatic heterocycles. The molecule has 0 amide bonds. The van der Waals surface area contributed by atoms with Crippen LogP contribution in [0, 0.1) is 0 Å². The summed E-state index contributed by atoms with van der Waals surface area (Å²) in [5.74, 6) is 0. The van der Waals surface area contributed by atoms with Crippen LogP contribution in [0.25, 0.3) is 6.08 Å². The van der Waals surface area contributed by atoms with E-state index < -0.39 is 0 Å². The maximum Gasteiger partial charge on any atom is 0.0701 e. The Morgan fingerprint density at radius 2 is 1.68 bits per heavy atom. The number of rotatable bonds is 5. The first-order valence-electron chi connectivity index (χ1n) is 7.70. The molecule has 0 N–H and O–H groups in total. The van der Waals surface area contributed by atoms with Gasteiger partial charge in [-0.1, -0.05) is 42.5 Å². The molecule has 0 spiro atoms. The first kappa shape index (κ1) is 15.9. The molecule has 116 valence electrons. The lowest BCUT2D eigenvalue weighted by Crippen LogP contribution is -2.45. The van der Waals surface area contributed by atoms with Crippen molar-refractivity contribution >= 4 is 33.3 Å². The van der Waals surface area contributed by atoms with Crippen LogP contribution in [-0.2, 0) is 6.54 Å². The zero-order valence-electron chi connectivity index (χ0n) is 12.6. The molecule has 0 bridgehead atoms. The summed E-state index contributed by atoms with van der Waals surface area (Å²) < 4.78 is 1.23. The Balaban J connectivity index is 1.41. The van der Waals surface area contributed by atoms with Crippen LogP contribution >= 0.6 is 27.3 Å². The molecule has 0 aliphatic carbocycles. The smallest absolute Gasteiger partial charge is 0.0701 e. The van der Waals surface area contributed by atoms with Crippen LogP contribution in [0.4, 0.5) is 0 Å². The first-order valence-corrected chi connectivity index (χ1v) is 9.31. The Hall–Kier alpha value is -0.940. The molecule has 4 heteroatoms. The van der Waals surface area contributed by atoms with Gasteiger partial charge in [0.05, 0.1) is 3.79 Å². The van der Waals surface area contributed by atoms with Crippen molar-refractivity contribution in [2.45, 2.75) is 6.54 Å². The van der Waals surface area contributed by atoms with Crippen molar-refractivity contribution in [3.8, 4) is 0 Å². The fraction of sp³-hybridized carbons (Fsp3) is 0.333. The van der Waals surface area contributed by atoms with Crippen molar-refractivity contribution in [1.29, 1.82) is 0 Å². The minimum atomic E-state index is 1.05. The Bertz CT molecular complexity index is 601. The lowest BCUT2D eigenvalue weighted by atomic mass is 10.2. The molecule has 1 saturated heterocycles. The predicted octanol–water partition coefficient (Wildman–Crippen LogP) is 4.34. The summed E-state index contributed by atoms with van der Waals surface area (Å²) >= 11 is 5.38. The summed E-state index contributed by atoms with van der Waals surface area (Å²) in [5, 5.41) is 0. The number of piperazine rings is 1. The van der Waals surface area contributed by atoms with Crippen molar-refractivity contribution in [2.75, 3.05) is 32.7 Å². The maximum atomic E-state index is 3.54. The van der Waals surface area contributed by atoms with Gasteiger partial charge in [0.15, 0.2) is 0 Å².